The fourth-order valence-corrected chi connectivity index (χ4v) is 12.9. The van der Waals surface area contributed by atoms with E-state index in [0.29, 0.717) is 70.0 Å². The SMILES string of the molecule is CCCC1NCCCC1(Oc1ccc(C)s1)C(=O)N1CCN(c2ccccc2OC)CC1.CCC[C@H]1N(C(=O)c2cnccc2C(F)(F)F)CCC[C@@]1(Oc1ccc(C)s1)C(=O)N1CCN(c2ccccc2OC)CC1. The third-order valence-electron chi connectivity index (χ3n) is 15.0. The molecule has 0 bridgehead atoms. The smallest absolute Gasteiger partial charge is 0.417 e. The molecule has 0 aliphatic carbocycles. The van der Waals surface area contributed by atoms with Crippen LogP contribution in [0.2, 0.25) is 0 Å². The third-order valence-corrected chi connectivity index (χ3v) is 16.8. The van der Waals surface area contributed by atoms with Crippen LogP contribution in [-0.4, -0.2) is 140 Å². The fourth-order valence-electron chi connectivity index (χ4n) is 11.3. The highest BCUT2D eigenvalue weighted by Gasteiger charge is 2.56. The largest absolute Gasteiger partial charge is 0.495 e. The molecule has 0 spiro atoms. The maximum Gasteiger partial charge on any atom is 0.417 e. The van der Waals surface area contributed by atoms with E-state index >= 15 is 0 Å². The molecule has 9 rings (SSSR count). The molecule has 4 fully saturated rings. The van der Waals surface area contributed by atoms with Gasteiger partial charge in [0.1, 0.15) is 11.5 Å². The minimum Gasteiger partial charge on any atom is -0.495 e. The summed E-state index contributed by atoms with van der Waals surface area (Å²) in [5, 5.41) is 4.99. The third kappa shape index (κ3) is 12.2. The van der Waals surface area contributed by atoms with E-state index < -0.39 is 40.5 Å². The molecule has 76 heavy (non-hydrogen) atoms. The summed E-state index contributed by atoms with van der Waals surface area (Å²) >= 11 is 3.02. The predicted molar refractivity (Wildman–Crippen MR) is 293 cm³/mol. The number of rotatable bonds is 15. The van der Waals surface area contributed by atoms with Crippen LogP contribution < -0.4 is 34.1 Å². The zero-order chi connectivity index (χ0) is 54.0. The Morgan fingerprint density at radius 1 is 0.671 bits per heavy atom. The average Bonchev–Trinajstić information content (AvgIpc) is 4.07. The van der Waals surface area contributed by atoms with Crippen molar-refractivity contribution < 1.29 is 46.5 Å². The first-order valence-electron chi connectivity index (χ1n) is 26.6. The second-order valence-corrected chi connectivity index (χ2v) is 22.3. The molecule has 2 unspecified atom stereocenters. The molecule has 19 heteroatoms. The molecular formula is C57H72F3N7O7S2. The number of likely N-dealkylation sites (tertiary alicyclic amines) is 1. The summed E-state index contributed by atoms with van der Waals surface area (Å²) in [7, 11) is 3.33. The van der Waals surface area contributed by atoms with Crippen molar-refractivity contribution in [3.8, 4) is 21.6 Å². The summed E-state index contributed by atoms with van der Waals surface area (Å²) in [5.74, 6) is 0.709. The number of amides is 3. The number of nitrogens with one attached hydrogen (secondary N) is 1. The van der Waals surface area contributed by atoms with Crippen LogP contribution in [0, 0.1) is 13.8 Å². The number of nitrogens with zero attached hydrogens (tertiary/aromatic N) is 6. The molecular weight excluding hydrogens is 1020 g/mol. The quantitative estimate of drug-likeness (QED) is 0.108. The van der Waals surface area contributed by atoms with Gasteiger partial charge < -0.3 is 48.8 Å². The summed E-state index contributed by atoms with van der Waals surface area (Å²) in [6, 6.07) is 23.7. The molecule has 3 amide bonds. The number of aryl methyl sites for hydroxylation is 2. The van der Waals surface area contributed by atoms with E-state index in [0.717, 1.165) is 96.6 Å². The lowest BCUT2D eigenvalue weighted by atomic mass is 9.79. The van der Waals surface area contributed by atoms with Crippen LogP contribution >= 0.6 is 22.7 Å². The second kappa shape index (κ2) is 25.0. The van der Waals surface area contributed by atoms with Gasteiger partial charge in [-0.25, -0.2) is 0 Å². The van der Waals surface area contributed by atoms with Crippen molar-refractivity contribution in [1.29, 1.82) is 0 Å². The van der Waals surface area contributed by atoms with Crippen LogP contribution in [0.4, 0.5) is 24.5 Å². The number of carbonyl (C=O) groups excluding carboxylic acids is 3. The Kier molecular flexibility index (Phi) is 18.4. The first kappa shape index (κ1) is 56.2. The standard InChI is InChI=1S/C32H37F3N4O4S.C25H35N3O3S/c1-4-8-27-31(43-28-12-11-22(2)44-28,14-7-16-39(27)29(40)23-21-36-15-13-24(23)32(33,34)35)30(41)38-19-17-37(18-20-38)25-9-5-6-10-26(25)42-3;1-4-8-22-25(13-7-14-26-22,31-23-12-11-19(2)32-23)24(29)28-17-15-27(16-18-28)20-9-5-6-10-21(20)30-3/h5-6,9-13,15,21,27H,4,7-8,14,16-20H2,1-3H3;5-6,9-12,22,26H,4,7-8,13-18H2,1-3H3/t27-,31+;/m1./s1. The highest BCUT2D eigenvalue weighted by molar-refractivity contribution is 7.14. The number of alkyl halides is 3. The van der Waals surface area contributed by atoms with Crippen LogP contribution in [0.25, 0.3) is 0 Å². The summed E-state index contributed by atoms with van der Waals surface area (Å²) in [6.07, 6.45) is 2.61. The van der Waals surface area contributed by atoms with E-state index in [1.807, 2.05) is 73.3 Å². The van der Waals surface area contributed by atoms with Gasteiger partial charge in [0.15, 0.2) is 10.1 Å². The number of hydrogen-bond donors (Lipinski definition) is 1. The lowest BCUT2D eigenvalue weighted by Gasteiger charge is -2.50. The average molecular weight is 1090 g/mol. The topological polar surface area (TPSA) is 129 Å². The van der Waals surface area contributed by atoms with E-state index in [1.54, 1.807) is 36.5 Å². The number of anilines is 2. The number of piperidine rings is 2. The highest BCUT2D eigenvalue weighted by atomic mass is 32.1. The Balaban J connectivity index is 0.000000212. The molecule has 0 saturated carbocycles. The van der Waals surface area contributed by atoms with Crippen molar-refractivity contribution in [2.45, 2.75) is 109 Å². The van der Waals surface area contributed by atoms with Gasteiger partial charge in [-0.3, -0.25) is 19.4 Å². The molecule has 4 atom stereocenters. The molecule has 4 aliphatic rings. The van der Waals surface area contributed by atoms with Gasteiger partial charge in [-0.2, -0.15) is 13.2 Å². The minimum absolute atomic E-state index is 0.0309. The van der Waals surface area contributed by atoms with Gasteiger partial charge >= 0.3 is 6.18 Å². The maximum atomic E-state index is 14.7. The van der Waals surface area contributed by atoms with Crippen molar-refractivity contribution in [3.05, 3.63) is 112 Å². The molecule has 1 N–H and O–H groups in total. The van der Waals surface area contributed by atoms with Crippen LogP contribution in [0.1, 0.15) is 90.9 Å². The first-order chi connectivity index (χ1) is 36.7. The van der Waals surface area contributed by atoms with E-state index in [9.17, 15) is 27.6 Å². The van der Waals surface area contributed by atoms with Crippen LogP contribution in [0.5, 0.6) is 21.6 Å². The Morgan fingerprint density at radius 3 is 1.68 bits per heavy atom. The van der Waals surface area contributed by atoms with Gasteiger partial charge in [0.2, 0.25) is 11.2 Å². The van der Waals surface area contributed by atoms with Crippen molar-refractivity contribution in [3.63, 3.8) is 0 Å². The zero-order valence-corrected chi connectivity index (χ0v) is 46.2. The predicted octanol–water partition coefficient (Wildman–Crippen LogP) is 10.1. The number of halogens is 3. The van der Waals surface area contributed by atoms with Crippen molar-refractivity contribution in [2.75, 3.05) is 89.5 Å². The number of piperazine rings is 2. The molecule has 0 radical (unpaired) electrons. The highest BCUT2D eigenvalue weighted by Crippen LogP contribution is 2.42. The molecule has 4 saturated heterocycles. The lowest BCUT2D eigenvalue weighted by molar-refractivity contribution is -0.159. The van der Waals surface area contributed by atoms with Gasteiger partial charge in [0, 0.05) is 87.5 Å². The van der Waals surface area contributed by atoms with Crippen molar-refractivity contribution in [2.24, 2.45) is 0 Å². The van der Waals surface area contributed by atoms with Crippen LogP contribution in [0.15, 0.2) is 91.3 Å². The number of ether oxygens (including phenoxy) is 4. The van der Waals surface area contributed by atoms with E-state index in [4.69, 9.17) is 18.9 Å². The Hall–Kier alpha value is -6.05. The molecule has 7 heterocycles. The number of hydrogen-bond acceptors (Lipinski definition) is 13. The van der Waals surface area contributed by atoms with Gasteiger partial charge in [-0.1, -0.05) is 51.0 Å². The van der Waals surface area contributed by atoms with Gasteiger partial charge in [-0.05, 0) is 107 Å². The van der Waals surface area contributed by atoms with Crippen molar-refractivity contribution >= 4 is 51.8 Å². The number of pyridine rings is 1. The lowest BCUT2D eigenvalue weighted by Crippen LogP contribution is -2.69. The number of benzene rings is 2. The molecule has 4 aliphatic heterocycles. The summed E-state index contributed by atoms with van der Waals surface area (Å²) in [5.41, 5.74) is -1.84. The molecule has 3 aromatic heterocycles. The first-order valence-corrected chi connectivity index (χ1v) is 28.2. The number of carbonyl (C=O) groups is 3. The number of para-hydroxylation sites is 4. The van der Waals surface area contributed by atoms with Gasteiger partial charge in [-0.15, -0.1) is 22.7 Å². The summed E-state index contributed by atoms with van der Waals surface area (Å²) in [4.78, 5) is 58.4. The number of methoxy groups -OCH3 is 2. The number of thiophene rings is 2. The Bertz CT molecular complexity index is 2740. The van der Waals surface area contributed by atoms with E-state index in [2.05, 4.69) is 46.1 Å². The second-order valence-electron chi connectivity index (χ2n) is 19.8. The van der Waals surface area contributed by atoms with Crippen LogP contribution in [0.3, 0.4) is 0 Å². The van der Waals surface area contributed by atoms with Gasteiger partial charge in [0.25, 0.3) is 17.7 Å². The summed E-state index contributed by atoms with van der Waals surface area (Å²) in [6.45, 7) is 14.2. The maximum absolute atomic E-state index is 14.7. The molecule has 14 nitrogen and oxygen atoms in total. The Labute approximate surface area is 453 Å². The van der Waals surface area contributed by atoms with Crippen LogP contribution in [-0.2, 0) is 15.8 Å². The molecule has 2 aromatic carbocycles. The van der Waals surface area contributed by atoms with Crippen molar-refractivity contribution in [1.82, 2.24) is 25.0 Å². The number of aromatic nitrogens is 1. The zero-order valence-electron chi connectivity index (χ0n) is 44.5. The van der Waals surface area contributed by atoms with Gasteiger partial charge in [0.05, 0.1) is 48.8 Å². The normalized spacial score (nSPS) is 22.1. The summed E-state index contributed by atoms with van der Waals surface area (Å²) < 4.78 is 66.2. The van der Waals surface area contributed by atoms with E-state index in [-0.39, 0.29) is 24.4 Å². The fraction of sp³-hybridized carbons (Fsp3) is 0.509. The monoisotopic (exact) mass is 1090 g/mol. The molecule has 410 valence electrons. The molecule has 5 aromatic rings. The van der Waals surface area contributed by atoms with E-state index in [1.165, 1.54) is 21.1 Å². The minimum atomic E-state index is -4.73. The Morgan fingerprint density at radius 2 is 1.18 bits per heavy atom.